The van der Waals surface area contributed by atoms with Gasteiger partial charge in [-0.15, -0.1) is 11.8 Å². The Bertz CT molecular complexity index is 1290. The summed E-state index contributed by atoms with van der Waals surface area (Å²) >= 11 is 1.46. The lowest BCUT2D eigenvalue weighted by atomic mass is 10.1. The molecule has 0 saturated heterocycles. The van der Waals surface area contributed by atoms with Crippen molar-refractivity contribution in [1.29, 1.82) is 0 Å². The van der Waals surface area contributed by atoms with Crippen molar-refractivity contribution in [2.75, 3.05) is 17.2 Å². The second-order valence-electron chi connectivity index (χ2n) is 8.20. The topological polar surface area (TPSA) is 67.4 Å². The Kier molecular flexibility index (Phi) is 8.42. The number of rotatable bonds is 9. The van der Waals surface area contributed by atoms with Gasteiger partial charge in [0.25, 0.3) is 5.91 Å². The predicted molar refractivity (Wildman–Crippen MR) is 147 cm³/mol. The SMILES string of the molecule is CCOc1ccc(NC(=O)C(Sc2ccc(NC(=O)c3ccc(C)cc3)cc2)c2ccccc2)cc1. The summed E-state index contributed by atoms with van der Waals surface area (Å²) in [5.74, 6) is 0.485. The fourth-order valence-corrected chi connectivity index (χ4v) is 4.60. The van der Waals surface area contributed by atoms with Crippen molar-refractivity contribution in [3.8, 4) is 5.75 Å². The molecule has 0 aliphatic rings. The largest absolute Gasteiger partial charge is 0.494 e. The van der Waals surface area contributed by atoms with E-state index in [1.807, 2.05) is 117 Å². The minimum atomic E-state index is -0.453. The fourth-order valence-electron chi connectivity index (χ4n) is 3.57. The average Bonchev–Trinajstić information content (AvgIpc) is 2.90. The molecular formula is C30H28N2O3S. The van der Waals surface area contributed by atoms with E-state index < -0.39 is 5.25 Å². The highest BCUT2D eigenvalue weighted by Crippen LogP contribution is 2.37. The number of anilines is 2. The summed E-state index contributed by atoms with van der Waals surface area (Å²) < 4.78 is 5.48. The maximum Gasteiger partial charge on any atom is 0.255 e. The summed E-state index contributed by atoms with van der Waals surface area (Å²) in [7, 11) is 0. The molecule has 4 aromatic rings. The standard InChI is InChI=1S/C30H28N2O3S/c1-3-35-26-17-13-24(14-18-26)32-30(34)28(22-7-5-4-6-8-22)36-27-19-15-25(16-20-27)31-29(33)23-11-9-21(2)10-12-23/h4-20,28H,3H2,1-2H3,(H,31,33)(H,32,34). The Balaban J connectivity index is 1.46. The third kappa shape index (κ3) is 6.77. The van der Waals surface area contributed by atoms with Crippen molar-refractivity contribution in [2.45, 2.75) is 24.0 Å². The first-order valence-corrected chi connectivity index (χ1v) is 12.6. The van der Waals surface area contributed by atoms with Gasteiger partial charge in [-0.2, -0.15) is 0 Å². The van der Waals surface area contributed by atoms with Crippen LogP contribution in [0.3, 0.4) is 0 Å². The first-order chi connectivity index (χ1) is 17.5. The molecule has 6 heteroatoms. The maximum atomic E-state index is 13.3. The van der Waals surface area contributed by atoms with E-state index >= 15 is 0 Å². The van der Waals surface area contributed by atoms with E-state index in [1.165, 1.54) is 11.8 Å². The monoisotopic (exact) mass is 496 g/mol. The predicted octanol–water partition coefficient (Wildman–Crippen LogP) is 7.12. The van der Waals surface area contributed by atoms with Gasteiger partial charge in [-0.3, -0.25) is 9.59 Å². The number of carbonyl (C=O) groups is 2. The summed E-state index contributed by atoms with van der Waals surface area (Å²) in [6, 6.07) is 32.0. The molecule has 0 saturated carbocycles. The van der Waals surface area contributed by atoms with Crippen molar-refractivity contribution in [1.82, 2.24) is 0 Å². The minimum absolute atomic E-state index is 0.118. The zero-order valence-electron chi connectivity index (χ0n) is 20.2. The summed E-state index contributed by atoms with van der Waals surface area (Å²) in [5.41, 5.74) is 4.02. The van der Waals surface area contributed by atoms with E-state index in [0.29, 0.717) is 23.5 Å². The molecule has 1 unspecified atom stereocenters. The summed E-state index contributed by atoms with van der Waals surface area (Å²) in [5, 5.41) is 5.49. The van der Waals surface area contributed by atoms with Crippen molar-refractivity contribution in [3.63, 3.8) is 0 Å². The lowest BCUT2D eigenvalue weighted by molar-refractivity contribution is -0.115. The first-order valence-electron chi connectivity index (χ1n) is 11.8. The molecule has 36 heavy (non-hydrogen) atoms. The molecule has 0 fully saturated rings. The molecule has 0 bridgehead atoms. The third-order valence-corrected chi connectivity index (χ3v) is 6.72. The van der Waals surface area contributed by atoms with Crippen LogP contribution in [0.1, 0.15) is 33.7 Å². The van der Waals surface area contributed by atoms with E-state index in [9.17, 15) is 9.59 Å². The van der Waals surface area contributed by atoms with Crippen molar-refractivity contribution in [2.24, 2.45) is 0 Å². The van der Waals surface area contributed by atoms with Crippen LogP contribution in [0, 0.1) is 6.92 Å². The maximum absolute atomic E-state index is 13.3. The van der Waals surface area contributed by atoms with E-state index in [-0.39, 0.29) is 11.8 Å². The number of aryl methyl sites for hydroxylation is 1. The van der Waals surface area contributed by atoms with Gasteiger partial charge in [0.05, 0.1) is 6.61 Å². The number of nitrogens with one attached hydrogen (secondary N) is 2. The molecule has 4 rings (SSSR count). The number of amides is 2. The molecule has 0 aromatic heterocycles. The van der Waals surface area contributed by atoms with Crippen LogP contribution in [0.5, 0.6) is 5.75 Å². The Morgan fingerprint density at radius 1 is 0.778 bits per heavy atom. The van der Waals surface area contributed by atoms with Crippen LogP contribution in [0.25, 0.3) is 0 Å². The molecule has 2 amide bonds. The Labute approximate surface area is 215 Å². The highest BCUT2D eigenvalue weighted by atomic mass is 32.2. The number of hydrogen-bond donors (Lipinski definition) is 2. The molecule has 2 N–H and O–H groups in total. The van der Waals surface area contributed by atoms with Gasteiger partial charge in [-0.1, -0.05) is 48.0 Å². The quantitative estimate of drug-likeness (QED) is 0.242. The number of thioether (sulfide) groups is 1. The van der Waals surface area contributed by atoms with Crippen LogP contribution >= 0.6 is 11.8 Å². The third-order valence-electron chi connectivity index (χ3n) is 5.45. The second kappa shape index (κ2) is 12.1. The number of hydrogen-bond acceptors (Lipinski definition) is 4. The van der Waals surface area contributed by atoms with Crippen LogP contribution in [-0.2, 0) is 4.79 Å². The van der Waals surface area contributed by atoms with E-state index in [0.717, 1.165) is 21.8 Å². The molecule has 1 atom stereocenters. The molecule has 5 nitrogen and oxygen atoms in total. The molecule has 0 radical (unpaired) electrons. The first kappa shape index (κ1) is 25.1. The fraction of sp³-hybridized carbons (Fsp3) is 0.133. The van der Waals surface area contributed by atoms with Gasteiger partial charge in [0.2, 0.25) is 5.91 Å². The van der Waals surface area contributed by atoms with Gasteiger partial charge in [0.1, 0.15) is 11.0 Å². The molecule has 4 aromatic carbocycles. The van der Waals surface area contributed by atoms with Crippen LogP contribution in [-0.4, -0.2) is 18.4 Å². The lowest BCUT2D eigenvalue weighted by Crippen LogP contribution is -2.19. The Hall–Kier alpha value is -4.03. The number of benzene rings is 4. The molecule has 0 heterocycles. The van der Waals surface area contributed by atoms with Gasteiger partial charge in [0.15, 0.2) is 0 Å². The van der Waals surface area contributed by atoms with E-state index in [1.54, 1.807) is 0 Å². The summed E-state index contributed by atoms with van der Waals surface area (Å²) in [4.78, 5) is 26.7. The van der Waals surface area contributed by atoms with Crippen molar-refractivity contribution in [3.05, 3.63) is 120 Å². The molecule has 0 spiro atoms. The highest BCUT2D eigenvalue weighted by molar-refractivity contribution is 8.00. The van der Waals surface area contributed by atoms with Crippen LogP contribution in [0.2, 0.25) is 0 Å². The average molecular weight is 497 g/mol. The van der Waals surface area contributed by atoms with Gasteiger partial charge in [-0.25, -0.2) is 0 Å². The van der Waals surface area contributed by atoms with E-state index in [2.05, 4.69) is 10.6 Å². The van der Waals surface area contributed by atoms with Gasteiger partial charge >= 0.3 is 0 Å². The summed E-state index contributed by atoms with van der Waals surface area (Å²) in [6.07, 6.45) is 0. The van der Waals surface area contributed by atoms with Gasteiger partial charge in [-0.05, 0) is 80.1 Å². The minimum Gasteiger partial charge on any atom is -0.494 e. The normalized spacial score (nSPS) is 11.4. The number of ether oxygens (including phenoxy) is 1. The molecule has 0 aliphatic carbocycles. The highest BCUT2D eigenvalue weighted by Gasteiger charge is 2.22. The van der Waals surface area contributed by atoms with Crippen molar-refractivity contribution < 1.29 is 14.3 Å². The number of carbonyl (C=O) groups excluding carboxylic acids is 2. The van der Waals surface area contributed by atoms with Crippen LogP contribution < -0.4 is 15.4 Å². The Morgan fingerprint density at radius 2 is 1.39 bits per heavy atom. The summed E-state index contributed by atoms with van der Waals surface area (Å²) in [6.45, 7) is 4.51. The zero-order chi connectivity index (χ0) is 25.3. The van der Waals surface area contributed by atoms with Crippen LogP contribution in [0.4, 0.5) is 11.4 Å². The zero-order valence-corrected chi connectivity index (χ0v) is 21.0. The second-order valence-corrected chi connectivity index (χ2v) is 9.38. The Morgan fingerprint density at radius 3 is 2.03 bits per heavy atom. The smallest absolute Gasteiger partial charge is 0.255 e. The van der Waals surface area contributed by atoms with Crippen LogP contribution in [0.15, 0.2) is 108 Å². The molecule has 182 valence electrons. The molecule has 0 aliphatic heterocycles. The van der Waals surface area contributed by atoms with E-state index in [4.69, 9.17) is 4.74 Å². The van der Waals surface area contributed by atoms with Gasteiger partial charge < -0.3 is 15.4 Å². The van der Waals surface area contributed by atoms with Gasteiger partial charge in [0, 0.05) is 21.8 Å². The molecular weight excluding hydrogens is 468 g/mol. The van der Waals surface area contributed by atoms with Crippen molar-refractivity contribution >= 4 is 35.0 Å². The lowest BCUT2D eigenvalue weighted by Gasteiger charge is -2.17.